The second kappa shape index (κ2) is 13.7. The molecule has 4 rings (SSSR count). The summed E-state index contributed by atoms with van der Waals surface area (Å²) in [5.41, 5.74) is 1.57. The molecule has 0 aliphatic carbocycles. The minimum Gasteiger partial charge on any atom is -0.494 e. The molecule has 2 heterocycles. The molecule has 11 heteroatoms. The Morgan fingerprint density at radius 1 is 1.11 bits per heavy atom. The molecule has 9 nitrogen and oxygen atoms in total. The third kappa shape index (κ3) is 6.76. The van der Waals surface area contributed by atoms with Gasteiger partial charge in [0.15, 0.2) is 16.6 Å². The summed E-state index contributed by atoms with van der Waals surface area (Å²) in [5, 5.41) is 0.633. The predicted molar refractivity (Wildman–Crippen MR) is 152 cm³/mol. The van der Waals surface area contributed by atoms with Crippen LogP contribution in [0.2, 0.25) is 0 Å². The van der Waals surface area contributed by atoms with Gasteiger partial charge in [-0.15, -0.1) is 12.4 Å². The standard InChI is InChI=1S/C27H30N4O5S.ClH/c1-5-36-20-8-9-21-24(17-20)37-27(29-21)31(13-6-12-30-14-11-28-18-30)25(32)10-7-19-15-22(33-2)26(35-4)23(16-19)34-3;/h7-11,14-18H,5-6,12-13H2,1-4H3;1H/b10-7+;. The van der Waals surface area contributed by atoms with Crippen molar-refractivity contribution < 1.29 is 23.7 Å². The van der Waals surface area contributed by atoms with Crippen LogP contribution in [0, 0.1) is 0 Å². The fourth-order valence-corrected chi connectivity index (χ4v) is 4.88. The number of imidazole rings is 1. The summed E-state index contributed by atoms with van der Waals surface area (Å²) >= 11 is 1.46. The third-order valence-corrected chi connectivity index (χ3v) is 6.66. The molecule has 0 fully saturated rings. The molecule has 0 aliphatic rings. The molecule has 0 bridgehead atoms. The molecule has 0 aliphatic heterocycles. The van der Waals surface area contributed by atoms with Gasteiger partial charge in [-0.3, -0.25) is 9.69 Å². The molecular formula is C27H31ClN4O5S. The Hall–Kier alpha value is -3.76. The number of aryl methyl sites for hydroxylation is 1. The zero-order valence-electron chi connectivity index (χ0n) is 21.7. The molecule has 0 saturated carbocycles. The highest BCUT2D eigenvalue weighted by molar-refractivity contribution is 7.22. The van der Waals surface area contributed by atoms with Gasteiger partial charge in [0.05, 0.1) is 44.5 Å². The van der Waals surface area contributed by atoms with E-state index in [1.54, 1.807) is 57.0 Å². The zero-order chi connectivity index (χ0) is 26.2. The van der Waals surface area contributed by atoms with E-state index >= 15 is 0 Å². The first-order valence-corrected chi connectivity index (χ1v) is 12.7. The molecule has 0 spiro atoms. The van der Waals surface area contributed by atoms with Crippen molar-refractivity contribution in [2.24, 2.45) is 0 Å². The maximum Gasteiger partial charge on any atom is 0.252 e. The molecule has 1 amide bonds. The van der Waals surface area contributed by atoms with Crippen LogP contribution in [0.1, 0.15) is 18.9 Å². The Bertz CT molecular complexity index is 1350. The Labute approximate surface area is 232 Å². The largest absolute Gasteiger partial charge is 0.494 e. The van der Waals surface area contributed by atoms with E-state index in [1.807, 2.05) is 35.9 Å². The quantitative estimate of drug-likeness (QED) is 0.213. The van der Waals surface area contributed by atoms with E-state index in [0.29, 0.717) is 35.5 Å². The summed E-state index contributed by atoms with van der Waals surface area (Å²) < 4.78 is 24.8. The number of fused-ring (bicyclic) bond motifs is 1. The number of thiazole rings is 1. The molecule has 2 aromatic carbocycles. The lowest BCUT2D eigenvalue weighted by Crippen LogP contribution is -2.30. The van der Waals surface area contributed by atoms with Crippen LogP contribution in [0.3, 0.4) is 0 Å². The van der Waals surface area contributed by atoms with Gasteiger partial charge in [0.1, 0.15) is 5.75 Å². The molecular weight excluding hydrogens is 528 g/mol. The van der Waals surface area contributed by atoms with Crippen LogP contribution in [0.15, 0.2) is 55.1 Å². The lowest BCUT2D eigenvalue weighted by molar-refractivity contribution is -0.114. The van der Waals surface area contributed by atoms with Gasteiger partial charge in [-0.1, -0.05) is 11.3 Å². The molecule has 0 atom stereocenters. The van der Waals surface area contributed by atoms with Gasteiger partial charge in [0, 0.05) is 31.6 Å². The van der Waals surface area contributed by atoms with Gasteiger partial charge in [0.25, 0.3) is 5.91 Å². The Morgan fingerprint density at radius 2 is 1.87 bits per heavy atom. The number of rotatable bonds is 12. The fourth-order valence-electron chi connectivity index (χ4n) is 3.85. The van der Waals surface area contributed by atoms with Crippen LogP contribution < -0.4 is 23.8 Å². The average molecular weight is 559 g/mol. The minimum absolute atomic E-state index is 0. The lowest BCUT2D eigenvalue weighted by Gasteiger charge is -2.18. The summed E-state index contributed by atoms with van der Waals surface area (Å²) in [6, 6.07) is 9.36. The fraction of sp³-hybridized carbons (Fsp3) is 0.296. The molecule has 2 aromatic heterocycles. The van der Waals surface area contributed by atoms with Crippen molar-refractivity contribution in [3.05, 3.63) is 60.7 Å². The van der Waals surface area contributed by atoms with E-state index in [4.69, 9.17) is 23.9 Å². The first kappa shape index (κ1) is 28.8. The summed E-state index contributed by atoms with van der Waals surface area (Å²) in [6.07, 6.45) is 9.42. The van der Waals surface area contributed by atoms with Crippen LogP contribution in [0.5, 0.6) is 23.0 Å². The van der Waals surface area contributed by atoms with Gasteiger partial charge in [-0.25, -0.2) is 9.97 Å². The predicted octanol–water partition coefficient (Wildman–Crippen LogP) is 5.48. The first-order chi connectivity index (χ1) is 18.1. The van der Waals surface area contributed by atoms with Crippen molar-refractivity contribution in [3.63, 3.8) is 0 Å². The summed E-state index contributed by atoms with van der Waals surface area (Å²) in [5.74, 6) is 2.13. The Kier molecular flexibility index (Phi) is 10.4. The van der Waals surface area contributed by atoms with Gasteiger partial charge in [0.2, 0.25) is 5.75 Å². The van der Waals surface area contributed by atoms with E-state index in [9.17, 15) is 4.79 Å². The van der Waals surface area contributed by atoms with Crippen molar-refractivity contribution in [2.45, 2.75) is 19.9 Å². The second-order valence-electron chi connectivity index (χ2n) is 7.99. The number of benzene rings is 2. The number of carbonyl (C=O) groups excluding carboxylic acids is 1. The smallest absolute Gasteiger partial charge is 0.252 e. The van der Waals surface area contributed by atoms with E-state index in [-0.39, 0.29) is 18.3 Å². The molecule has 0 radical (unpaired) electrons. The number of nitrogens with zero attached hydrogens (tertiary/aromatic N) is 4. The van der Waals surface area contributed by atoms with Crippen molar-refractivity contribution in [1.82, 2.24) is 14.5 Å². The monoisotopic (exact) mass is 558 g/mol. The highest BCUT2D eigenvalue weighted by atomic mass is 35.5. The number of methoxy groups -OCH3 is 3. The Morgan fingerprint density at radius 3 is 2.50 bits per heavy atom. The number of amides is 1. The van der Waals surface area contributed by atoms with E-state index < -0.39 is 0 Å². The van der Waals surface area contributed by atoms with Crippen LogP contribution in [0.4, 0.5) is 5.13 Å². The average Bonchev–Trinajstić information content (AvgIpc) is 3.58. The molecule has 0 unspecified atom stereocenters. The molecule has 0 N–H and O–H groups in total. The number of hydrogen-bond acceptors (Lipinski definition) is 8. The van der Waals surface area contributed by atoms with Gasteiger partial charge in [-0.2, -0.15) is 0 Å². The lowest BCUT2D eigenvalue weighted by atomic mass is 10.1. The van der Waals surface area contributed by atoms with Gasteiger partial charge >= 0.3 is 0 Å². The normalized spacial score (nSPS) is 10.8. The highest BCUT2D eigenvalue weighted by Gasteiger charge is 2.19. The summed E-state index contributed by atoms with van der Waals surface area (Å²) in [7, 11) is 4.67. The van der Waals surface area contributed by atoms with Crippen molar-refractivity contribution >= 4 is 51.1 Å². The Balaban J connectivity index is 0.00000400. The maximum absolute atomic E-state index is 13.5. The van der Waals surface area contributed by atoms with Crippen LogP contribution in [-0.2, 0) is 11.3 Å². The zero-order valence-corrected chi connectivity index (χ0v) is 23.4. The maximum atomic E-state index is 13.5. The SMILES string of the molecule is CCOc1ccc2nc(N(CCCn3ccnc3)C(=O)/C=C/c3cc(OC)c(OC)c(OC)c3)sc2c1.Cl. The molecule has 38 heavy (non-hydrogen) atoms. The van der Waals surface area contributed by atoms with Crippen molar-refractivity contribution in [1.29, 1.82) is 0 Å². The number of halogens is 1. The van der Waals surface area contributed by atoms with Crippen LogP contribution >= 0.6 is 23.7 Å². The number of aromatic nitrogens is 3. The van der Waals surface area contributed by atoms with Crippen LogP contribution in [-0.4, -0.2) is 54.9 Å². The highest BCUT2D eigenvalue weighted by Crippen LogP contribution is 2.38. The number of ether oxygens (including phenoxy) is 4. The first-order valence-electron chi connectivity index (χ1n) is 11.8. The van der Waals surface area contributed by atoms with E-state index in [1.165, 1.54) is 17.4 Å². The van der Waals surface area contributed by atoms with Crippen molar-refractivity contribution in [3.8, 4) is 23.0 Å². The van der Waals surface area contributed by atoms with Crippen molar-refractivity contribution in [2.75, 3.05) is 39.4 Å². The van der Waals surface area contributed by atoms with E-state index in [2.05, 4.69) is 4.98 Å². The number of hydrogen-bond donors (Lipinski definition) is 0. The molecule has 0 saturated heterocycles. The minimum atomic E-state index is -0.177. The molecule has 202 valence electrons. The number of carbonyl (C=O) groups is 1. The topological polar surface area (TPSA) is 87.9 Å². The van der Waals surface area contributed by atoms with E-state index in [0.717, 1.165) is 34.5 Å². The summed E-state index contributed by atoms with van der Waals surface area (Å²) in [6.45, 7) is 3.76. The third-order valence-electron chi connectivity index (χ3n) is 5.62. The van der Waals surface area contributed by atoms with Gasteiger partial charge < -0.3 is 23.5 Å². The van der Waals surface area contributed by atoms with Gasteiger partial charge in [-0.05, 0) is 55.3 Å². The molecule has 4 aromatic rings. The second-order valence-corrected chi connectivity index (χ2v) is 9.00. The summed E-state index contributed by atoms with van der Waals surface area (Å²) in [4.78, 5) is 24.0. The van der Waals surface area contributed by atoms with Crippen LogP contribution in [0.25, 0.3) is 16.3 Å². The number of anilines is 1.